The van der Waals surface area contributed by atoms with Gasteiger partial charge in [-0.15, -0.1) is 0 Å². The van der Waals surface area contributed by atoms with E-state index in [1.807, 2.05) is 24.3 Å². The van der Waals surface area contributed by atoms with Gasteiger partial charge in [0.25, 0.3) is 0 Å². The molecule has 1 rings (SSSR count). The highest BCUT2D eigenvalue weighted by molar-refractivity contribution is 6.39. The molecule has 0 bridgehead atoms. The average Bonchev–Trinajstić information content (AvgIpc) is 2.49. The highest BCUT2D eigenvalue weighted by Gasteiger charge is 2.15. The molecule has 0 heterocycles. The minimum absolute atomic E-state index is 0.0252. The van der Waals surface area contributed by atoms with Gasteiger partial charge in [-0.2, -0.15) is 0 Å². The molecule has 0 aliphatic carbocycles. The van der Waals surface area contributed by atoms with Crippen molar-refractivity contribution in [2.24, 2.45) is 0 Å². The molecule has 22 heavy (non-hydrogen) atoms. The second-order valence-electron chi connectivity index (χ2n) is 5.49. The predicted molar refractivity (Wildman–Crippen MR) is 87.6 cm³/mol. The third kappa shape index (κ3) is 6.72. The lowest BCUT2D eigenvalue weighted by molar-refractivity contribution is -0.136. The zero-order valence-corrected chi connectivity index (χ0v) is 13.4. The van der Waals surface area contributed by atoms with Crippen molar-refractivity contribution < 1.29 is 14.7 Å². The highest BCUT2D eigenvalue weighted by atomic mass is 16.3. The Hall–Kier alpha value is -1.88. The van der Waals surface area contributed by atoms with Crippen LogP contribution in [0.5, 0.6) is 0 Å². The number of aryl methyl sites for hydroxylation is 1. The first-order chi connectivity index (χ1) is 10.6. The number of hydrogen-bond acceptors (Lipinski definition) is 3. The second kappa shape index (κ2) is 9.95. The summed E-state index contributed by atoms with van der Waals surface area (Å²) in [7, 11) is 0. The molecule has 5 heteroatoms. The van der Waals surface area contributed by atoms with Crippen molar-refractivity contribution in [1.29, 1.82) is 0 Å². The summed E-state index contributed by atoms with van der Waals surface area (Å²) in [5, 5.41) is 13.9. The Balaban J connectivity index is 2.45. The van der Waals surface area contributed by atoms with Gasteiger partial charge in [0, 0.05) is 18.3 Å². The number of amides is 2. The van der Waals surface area contributed by atoms with Crippen molar-refractivity contribution in [2.45, 2.75) is 52.0 Å². The number of aliphatic hydroxyl groups is 1. The fourth-order valence-electron chi connectivity index (χ4n) is 2.08. The Morgan fingerprint density at radius 3 is 2.41 bits per heavy atom. The van der Waals surface area contributed by atoms with Crippen LogP contribution in [-0.4, -0.2) is 29.6 Å². The summed E-state index contributed by atoms with van der Waals surface area (Å²) in [6.07, 6.45) is 5.02. The Morgan fingerprint density at radius 1 is 1.14 bits per heavy atom. The summed E-state index contributed by atoms with van der Waals surface area (Å²) in [5.41, 5.74) is 1.83. The number of aliphatic hydroxyl groups excluding tert-OH is 1. The summed E-state index contributed by atoms with van der Waals surface area (Å²) >= 11 is 0. The van der Waals surface area contributed by atoms with E-state index in [0.717, 1.165) is 12.8 Å². The van der Waals surface area contributed by atoms with E-state index in [0.29, 0.717) is 12.1 Å². The maximum atomic E-state index is 11.8. The number of carbonyl (C=O) groups is 2. The van der Waals surface area contributed by atoms with Gasteiger partial charge in [0.1, 0.15) is 0 Å². The van der Waals surface area contributed by atoms with Gasteiger partial charge in [0.15, 0.2) is 0 Å². The maximum Gasteiger partial charge on any atom is 0.313 e. The van der Waals surface area contributed by atoms with Crippen LogP contribution in [0.1, 0.15) is 45.1 Å². The van der Waals surface area contributed by atoms with E-state index in [1.165, 1.54) is 18.4 Å². The van der Waals surface area contributed by atoms with Gasteiger partial charge < -0.3 is 15.7 Å². The molecular weight excluding hydrogens is 280 g/mol. The molecule has 0 saturated heterocycles. The van der Waals surface area contributed by atoms with Crippen molar-refractivity contribution in [3.05, 3.63) is 29.8 Å². The predicted octanol–water partition coefficient (Wildman–Crippen LogP) is 2.24. The van der Waals surface area contributed by atoms with Crippen LogP contribution >= 0.6 is 0 Å². The van der Waals surface area contributed by atoms with Crippen LogP contribution in [0.4, 0.5) is 5.69 Å². The average molecular weight is 306 g/mol. The fraction of sp³-hybridized carbons (Fsp3) is 0.529. The van der Waals surface area contributed by atoms with Crippen molar-refractivity contribution in [3.63, 3.8) is 0 Å². The quantitative estimate of drug-likeness (QED) is 0.509. The molecule has 0 unspecified atom stereocenters. The molecule has 0 aliphatic heterocycles. The van der Waals surface area contributed by atoms with Crippen LogP contribution in [-0.2, 0) is 16.0 Å². The Bertz CT molecular complexity index is 471. The number of rotatable bonds is 8. The molecule has 0 aliphatic rings. The highest BCUT2D eigenvalue weighted by Crippen LogP contribution is 2.12. The van der Waals surface area contributed by atoms with Crippen LogP contribution in [0.2, 0.25) is 0 Å². The van der Waals surface area contributed by atoms with Gasteiger partial charge in [-0.1, -0.05) is 31.9 Å². The molecule has 1 aromatic carbocycles. The molecule has 0 radical (unpaired) electrons. The van der Waals surface area contributed by atoms with Gasteiger partial charge in [-0.05, 0) is 43.9 Å². The zero-order chi connectivity index (χ0) is 16.4. The number of nitrogens with one attached hydrogen (secondary N) is 2. The summed E-state index contributed by atoms with van der Waals surface area (Å²) < 4.78 is 0. The molecule has 0 saturated carbocycles. The SMILES string of the molecule is CCCCCc1ccc(NC(=O)C(=O)N[C@H](C)CCO)cc1. The lowest BCUT2D eigenvalue weighted by Crippen LogP contribution is -2.40. The first-order valence-corrected chi connectivity index (χ1v) is 7.88. The van der Waals surface area contributed by atoms with E-state index in [9.17, 15) is 9.59 Å². The number of hydrogen-bond donors (Lipinski definition) is 3. The number of benzene rings is 1. The third-order valence-corrected chi connectivity index (χ3v) is 3.43. The molecule has 3 N–H and O–H groups in total. The molecule has 0 spiro atoms. The van der Waals surface area contributed by atoms with E-state index in [4.69, 9.17) is 5.11 Å². The van der Waals surface area contributed by atoms with Crippen molar-refractivity contribution in [1.82, 2.24) is 5.32 Å². The van der Waals surface area contributed by atoms with Crippen LogP contribution in [0.3, 0.4) is 0 Å². The molecular formula is C17H26N2O3. The third-order valence-electron chi connectivity index (χ3n) is 3.43. The van der Waals surface area contributed by atoms with Gasteiger partial charge in [0.2, 0.25) is 0 Å². The lowest BCUT2D eigenvalue weighted by atomic mass is 10.1. The minimum Gasteiger partial charge on any atom is -0.396 e. The van der Waals surface area contributed by atoms with Crippen LogP contribution in [0.25, 0.3) is 0 Å². The second-order valence-corrected chi connectivity index (χ2v) is 5.49. The van der Waals surface area contributed by atoms with Crippen LogP contribution < -0.4 is 10.6 Å². The fourth-order valence-corrected chi connectivity index (χ4v) is 2.08. The number of unbranched alkanes of at least 4 members (excludes halogenated alkanes) is 2. The van der Waals surface area contributed by atoms with E-state index < -0.39 is 11.8 Å². The first kappa shape index (κ1) is 18.2. The molecule has 0 aromatic heterocycles. The standard InChI is InChI=1S/C17H26N2O3/c1-3-4-5-6-14-7-9-15(10-8-14)19-17(22)16(21)18-13(2)11-12-20/h7-10,13,20H,3-6,11-12H2,1-2H3,(H,18,21)(H,19,22)/t13-/m1/s1. The van der Waals surface area contributed by atoms with E-state index in [1.54, 1.807) is 6.92 Å². The van der Waals surface area contributed by atoms with Crippen molar-refractivity contribution >= 4 is 17.5 Å². The van der Waals surface area contributed by atoms with E-state index >= 15 is 0 Å². The summed E-state index contributed by atoms with van der Waals surface area (Å²) in [6, 6.07) is 7.33. The maximum absolute atomic E-state index is 11.8. The van der Waals surface area contributed by atoms with Gasteiger partial charge in [-0.25, -0.2) is 0 Å². The van der Waals surface area contributed by atoms with Crippen LogP contribution in [0, 0.1) is 0 Å². The summed E-state index contributed by atoms with van der Waals surface area (Å²) in [5.74, 6) is -1.38. The Morgan fingerprint density at radius 2 is 1.82 bits per heavy atom. The molecule has 0 fully saturated rings. The topological polar surface area (TPSA) is 78.4 Å². The molecule has 1 atom stereocenters. The summed E-state index contributed by atoms with van der Waals surface area (Å²) in [6.45, 7) is 3.89. The minimum atomic E-state index is -0.691. The molecule has 5 nitrogen and oxygen atoms in total. The van der Waals surface area contributed by atoms with E-state index in [2.05, 4.69) is 17.6 Å². The Labute approximate surface area is 132 Å². The van der Waals surface area contributed by atoms with Gasteiger partial charge in [0.05, 0.1) is 0 Å². The largest absolute Gasteiger partial charge is 0.396 e. The van der Waals surface area contributed by atoms with Crippen molar-refractivity contribution in [3.8, 4) is 0 Å². The van der Waals surface area contributed by atoms with Gasteiger partial charge >= 0.3 is 11.8 Å². The molecule has 2 amide bonds. The summed E-state index contributed by atoms with van der Waals surface area (Å²) in [4.78, 5) is 23.4. The first-order valence-electron chi connectivity index (χ1n) is 7.88. The number of anilines is 1. The monoisotopic (exact) mass is 306 g/mol. The molecule has 1 aromatic rings. The normalized spacial score (nSPS) is 11.8. The lowest BCUT2D eigenvalue weighted by Gasteiger charge is -2.12. The molecule has 122 valence electrons. The van der Waals surface area contributed by atoms with E-state index in [-0.39, 0.29) is 12.6 Å². The van der Waals surface area contributed by atoms with Crippen LogP contribution in [0.15, 0.2) is 24.3 Å². The Kier molecular flexibility index (Phi) is 8.22. The smallest absolute Gasteiger partial charge is 0.313 e. The number of carbonyl (C=O) groups excluding carboxylic acids is 2. The zero-order valence-electron chi connectivity index (χ0n) is 13.4. The van der Waals surface area contributed by atoms with Crippen molar-refractivity contribution in [2.75, 3.05) is 11.9 Å². The van der Waals surface area contributed by atoms with Gasteiger partial charge in [-0.3, -0.25) is 9.59 Å².